The Labute approximate surface area is 103 Å². The largest absolute Gasteiger partial charge is 0.481 e. The summed E-state index contributed by atoms with van der Waals surface area (Å²) in [5, 5.41) is 11.8. The molecular weight excluding hydrogens is 272 g/mol. The van der Waals surface area contributed by atoms with E-state index in [1.807, 2.05) is 19.9 Å². The van der Waals surface area contributed by atoms with Crippen LogP contribution in [0.5, 0.6) is 0 Å². The molecule has 0 saturated heterocycles. The fraction of sp³-hybridized carbons (Fsp3) is 0.455. The zero-order valence-corrected chi connectivity index (χ0v) is 10.9. The van der Waals surface area contributed by atoms with Gasteiger partial charge in [0.15, 0.2) is 0 Å². The van der Waals surface area contributed by atoms with E-state index < -0.39 is 5.97 Å². The first-order chi connectivity index (χ1) is 7.49. The molecule has 0 aliphatic rings. The number of hydrogen-bond acceptors (Lipinski definition) is 3. The lowest BCUT2D eigenvalue weighted by molar-refractivity contribution is -0.137. The molecule has 1 rings (SSSR count). The van der Waals surface area contributed by atoms with E-state index in [0.717, 1.165) is 15.9 Å². The highest BCUT2D eigenvalue weighted by atomic mass is 79.9. The molecule has 0 amide bonds. The second kappa shape index (κ2) is 5.84. The standard InChI is InChI=1S/C11H15BrN2O2/c1-7-5-9(6-13-11(7)12)14-8(2)3-4-10(15)16/h5-6,8,14H,3-4H2,1-2H3,(H,15,16). The van der Waals surface area contributed by atoms with Crippen molar-refractivity contribution in [3.63, 3.8) is 0 Å². The van der Waals surface area contributed by atoms with Crippen LogP contribution in [0, 0.1) is 6.92 Å². The molecule has 5 heteroatoms. The third-order valence-electron chi connectivity index (χ3n) is 2.22. The predicted molar refractivity (Wildman–Crippen MR) is 66.6 cm³/mol. The van der Waals surface area contributed by atoms with Crippen molar-refractivity contribution < 1.29 is 9.90 Å². The van der Waals surface area contributed by atoms with E-state index in [-0.39, 0.29) is 12.5 Å². The molecule has 0 bridgehead atoms. The summed E-state index contributed by atoms with van der Waals surface area (Å²) < 4.78 is 0.830. The molecule has 4 nitrogen and oxygen atoms in total. The molecule has 1 aromatic heterocycles. The highest BCUT2D eigenvalue weighted by Gasteiger charge is 2.06. The number of pyridine rings is 1. The van der Waals surface area contributed by atoms with E-state index in [4.69, 9.17) is 5.11 Å². The summed E-state index contributed by atoms with van der Waals surface area (Å²) in [6.45, 7) is 3.92. The molecule has 0 spiro atoms. The Morgan fingerprint density at radius 2 is 2.38 bits per heavy atom. The maximum absolute atomic E-state index is 10.4. The van der Waals surface area contributed by atoms with Gasteiger partial charge in [0.2, 0.25) is 0 Å². The fourth-order valence-electron chi connectivity index (χ4n) is 1.33. The summed E-state index contributed by atoms with van der Waals surface area (Å²) >= 11 is 3.33. The van der Waals surface area contributed by atoms with Gasteiger partial charge < -0.3 is 10.4 Å². The Kier molecular flexibility index (Phi) is 4.73. The molecule has 1 unspecified atom stereocenters. The van der Waals surface area contributed by atoms with Gasteiger partial charge in [0.1, 0.15) is 4.60 Å². The van der Waals surface area contributed by atoms with Crippen LogP contribution in [0.4, 0.5) is 5.69 Å². The van der Waals surface area contributed by atoms with Crippen LogP contribution in [0.2, 0.25) is 0 Å². The second-order valence-electron chi connectivity index (χ2n) is 3.81. The van der Waals surface area contributed by atoms with Gasteiger partial charge in [0, 0.05) is 12.5 Å². The quantitative estimate of drug-likeness (QED) is 0.817. The molecule has 2 N–H and O–H groups in total. The predicted octanol–water partition coefficient (Wildman–Crippen LogP) is 2.82. The van der Waals surface area contributed by atoms with E-state index in [1.54, 1.807) is 6.20 Å². The Bertz CT molecular complexity index is 382. The topological polar surface area (TPSA) is 62.2 Å². The monoisotopic (exact) mass is 286 g/mol. The van der Waals surface area contributed by atoms with Crippen LogP contribution in [-0.2, 0) is 4.79 Å². The Morgan fingerprint density at radius 3 is 2.94 bits per heavy atom. The minimum atomic E-state index is -0.765. The normalized spacial score (nSPS) is 12.2. The number of nitrogens with one attached hydrogen (secondary N) is 1. The number of halogens is 1. The van der Waals surface area contributed by atoms with Crippen LogP contribution in [0.25, 0.3) is 0 Å². The van der Waals surface area contributed by atoms with E-state index in [0.29, 0.717) is 6.42 Å². The van der Waals surface area contributed by atoms with Gasteiger partial charge in [0.25, 0.3) is 0 Å². The lowest BCUT2D eigenvalue weighted by Gasteiger charge is -2.14. The number of anilines is 1. The molecule has 1 heterocycles. The molecule has 16 heavy (non-hydrogen) atoms. The summed E-state index contributed by atoms with van der Waals surface area (Å²) in [6, 6.07) is 2.10. The second-order valence-corrected chi connectivity index (χ2v) is 4.56. The SMILES string of the molecule is Cc1cc(NC(C)CCC(=O)O)cnc1Br. The van der Waals surface area contributed by atoms with Crippen LogP contribution in [0.1, 0.15) is 25.3 Å². The van der Waals surface area contributed by atoms with Crippen LogP contribution in [0.3, 0.4) is 0 Å². The fourth-order valence-corrected chi connectivity index (χ4v) is 1.55. The Morgan fingerprint density at radius 1 is 1.69 bits per heavy atom. The summed E-state index contributed by atoms with van der Waals surface area (Å²) in [7, 11) is 0. The summed E-state index contributed by atoms with van der Waals surface area (Å²) in [6.07, 6.45) is 2.51. The van der Waals surface area contributed by atoms with Crippen LogP contribution in [0.15, 0.2) is 16.9 Å². The highest BCUT2D eigenvalue weighted by molar-refractivity contribution is 9.10. The van der Waals surface area contributed by atoms with Crippen molar-refractivity contribution in [1.82, 2.24) is 4.98 Å². The van der Waals surface area contributed by atoms with Crippen molar-refractivity contribution in [3.8, 4) is 0 Å². The lowest BCUT2D eigenvalue weighted by Crippen LogP contribution is -2.16. The van der Waals surface area contributed by atoms with E-state index in [1.165, 1.54) is 0 Å². The number of hydrogen-bond donors (Lipinski definition) is 2. The average Bonchev–Trinajstić information content (AvgIpc) is 2.21. The summed E-state index contributed by atoms with van der Waals surface area (Å²) in [4.78, 5) is 14.6. The van der Waals surface area contributed by atoms with Gasteiger partial charge in [-0.25, -0.2) is 4.98 Å². The number of rotatable bonds is 5. The molecule has 0 fully saturated rings. The minimum Gasteiger partial charge on any atom is -0.481 e. The molecule has 0 aromatic carbocycles. The van der Waals surface area contributed by atoms with Crippen LogP contribution >= 0.6 is 15.9 Å². The first-order valence-electron chi connectivity index (χ1n) is 5.09. The van der Waals surface area contributed by atoms with Gasteiger partial charge in [-0.1, -0.05) is 0 Å². The van der Waals surface area contributed by atoms with Gasteiger partial charge in [-0.2, -0.15) is 0 Å². The molecule has 0 aliphatic carbocycles. The summed E-state index contributed by atoms with van der Waals surface area (Å²) in [5.74, 6) is -0.765. The Balaban J connectivity index is 2.52. The number of aliphatic carboxylic acids is 1. The van der Waals surface area contributed by atoms with Crippen LogP contribution in [-0.4, -0.2) is 22.1 Å². The molecule has 88 valence electrons. The number of nitrogens with zero attached hydrogens (tertiary/aromatic N) is 1. The molecular formula is C11H15BrN2O2. The number of aromatic nitrogens is 1. The van der Waals surface area contributed by atoms with Crippen LogP contribution < -0.4 is 5.32 Å². The van der Waals surface area contributed by atoms with Crippen molar-refractivity contribution in [3.05, 3.63) is 22.4 Å². The number of carbonyl (C=O) groups is 1. The van der Waals surface area contributed by atoms with Gasteiger partial charge >= 0.3 is 5.97 Å². The highest BCUT2D eigenvalue weighted by Crippen LogP contribution is 2.17. The van der Waals surface area contributed by atoms with Crippen molar-refractivity contribution in [2.24, 2.45) is 0 Å². The minimum absolute atomic E-state index is 0.124. The molecule has 0 saturated carbocycles. The number of carboxylic acids is 1. The number of carboxylic acid groups (broad SMARTS) is 1. The smallest absolute Gasteiger partial charge is 0.303 e. The maximum atomic E-state index is 10.4. The van der Waals surface area contributed by atoms with E-state index in [2.05, 4.69) is 26.2 Å². The molecule has 1 aromatic rings. The molecule has 0 radical (unpaired) electrons. The third kappa shape index (κ3) is 4.18. The lowest BCUT2D eigenvalue weighted by atomic mass is 10.1. The summed E-state index contributed by atoms with van der Waals surface area (Å²) in [5.41, 5.74) is 1.97. The third-order valence-corrected chi connectivity index (χ3v) is 3.05. The van der Waals surface area contributed by atoms with Gasteiger partial charge in [0.05, 0.1) is 11.9 Å². The van der Waals surface area contributed by atoms with E-state index in [9.17, 15) is 4.79 Å². The van der Waals surface area contributed by atoms with Crippen molar-refractivity contribution in [2.45, 2.75) is 32.7 Å². The number of aryl methyl sites for hydroxylation is 1. The van der Waals surface area contributed by atoms with Crippen molar-refractivity contribution in [1.29, 1.82) is 0 Å². The van der Waals surface area contributed by atoms with Gasteiger partial charge in [-0.3, -0.25) is 4.79 Å². The maximum Gasteiger partial charge on any atom is 0.303 e. The average molecular weight is 287 g/mol. The van der Waals surface area contributed by atoms with Crippen molar-refractivity contribution >= 4 is 27.6 Å². The zero-order chi connectivity index (χ0) is 12.1. The van der Waals surface area contributed by atoms with Gasteiger partial charge in [-0.15, -0.1) is 0 Å². The van der Waals surface area contributed by atoms with E-state index >= 15 is 0 Å². The zero-order valence-electron chi connectivity index (χ0n) is 9.33. The molecule has 0 aliphatic heterocycles. The first kappa shape index (κ1) is 13.0. The van der Waals surface area contributed by atoms with Crippen molar-refractivity contribution in [2.75, 3.05) is 5.32 Å². The first-order valence-corrected chi connectivity index (χ1v) is 5.89. The Hall–Kier alpha value is -1.10. The molecule has 1 atom stereocenters. The van der Waals surface area contributed by atoms with Gasteiger partial charge in [-0.05, 0) is 47.8 Å².